The predicted octanol–water partition coefficient (Wildman–Crippen LogP) is 3.31. The van der Waals surface area contributed by atoms with Crippen LogP contribution >= 0.6 is 0 Å². The van der Waals surface area contributed by atoms with Crippen LogP contribution in [0.3, 0.4) is 0 Å². The number of methoxy groups -OCH3 is 2. The largest absolute Gasteiger partial charge is 0.497 e. The van der Waals surface area contributed by atoms with Gasteiger partial charge in [-0.05, 0) is 44.5 Å². The summed E-state index contributed by atoms with van der Waals surface area (Å²) < 4.78 is 21.8. The second-order valence-electron chi connectivity index (χ2n) is 7.90. The topological polar surface area (TPSA) is 102 Å². The number of carbonyl (C=O) groups excluding carboxylic acids is 2. The zero-order valence-electron chi connectivity index (χ0n) is 19.1. The summed E-state index contributed by atoms with van der Waals surface area (Å²) in [5.41, 5.74) is 1.90. The maximum absolute atomic E-state index is 13.0. The van der Waals surface area contributed by atoms with E-state index in [1.807, 2.05) is 18.2 Å². The second-order valence-corrected chi connectivity index (χ2v) is 7.90. The lowest BCUT2D eigenvalue weighted by molar-refractivity contribution is -0.139. The van der Waals surface area contributed by atoms with Crippen LogP contribution in [0.5, 0.6) is 11.5 Å². The predicted molar refractivity (Wildman–Crippen MR) is 120 cm³/mol. The molecule has 2 N–H and O–H groups in total. The highest BCUT2D eigenvalue weighted by Gasteiger charge is 2.37. The Kier molecular flexibility index (Phi) is 6.88. The molecule has 2 atom stereocenters. The molecule has 176 valence electrons. The van der Waals surface area contributed by atoms with Crippen LogP contribution in [0.25, 0.3) is 0 Å². The van der Waals surface area contributed by atoms with E-state index < -0.39 is 18.0 Å². The minimum absolute atomic E-state index is 0.0654. The number of amides is 2. The third kappa shape index (κ3) is 4.68. The van der Waals surface area contributed by atoms with Crippen LogP contribution in [0.1, 0.15) is 43.2 Å². The third-order valence-corrected chi connectivity index (χ3v) is 6.00. The fourth-order valence-electron chi connectivity index (χ4n) is 4.53. The molecule has 4 rings (SSSR count). The number of esters is 1. The van der Waals surface area contributed by atoms with Crippen molar-refractivity contribution in [3.8, 4) is 11.5 Å². The Morgan fingerprint density at radius 1 is 1.24 bits per heavy atom. The van der Waals surface area contributed by atoms with E-state index >= 15 is 0 Å². The maximum atomic E-state index is 13.0. The van der Waals surface area contributed by atoms with Crippen molar-refractivity contribution in [2.45, 2.75) is 31.8 Å². The number of rotatable bonds is 8. The minimum atomic E-state index is -0.723. The number of carbonyl (C=O) groups is 2. The molecule has 3 heterocycles. The number of benzene rings is 1. The maximum Gasteiger partial charge on any atom is 0.338 e. The summed E-state index contributed by atoms with van der Waals surface area (Å²) in [5, 5.41) is 5.62. The van der Waals surface area contributed by atoms with E-state index in [4.69, 9.17) is 18.6 Å². The molecule has 2 aliphatic rings. The SMILES string of the molecule is CCOC(=O)C1=C(CN2CCC[C@@H]2c2ccc(OC)cc2OC)NC(=O)N[C@@H]1c1ccco1. The first-order valence-electron chi connectivity index (χ1n) is 11.0. The van der Waals surface area contributed by atoms with Gasteiger partial charge in [0.2, 0.25) is 0 Å². The lowest BCUT2D eigenvalue weighted by Crippen LogP contribution is -2.48. The minimum Gasteiger partial charge on any atom is -0.497 e. The highest BCUT2D eigenvalue weighted by atomic mass is 16.5. The van der Waals surface area contributed by atoms with Crippen LogP contribution in [0.2, 0.25) is 0 Å². The van der Waals surface area contributed by atoms with E-state index in [1.165, 1.54) is 6.26 Å². The van der Waals surface area contributed by atoms with Crippen LogP contribution in [-0.4, -0.2) is 50.8 Å². The van der Waals surface area contributed by atoms with Gasteiger partial charge < -0.3 is 29.3 Å². The Hall–Kier alpha value is -3.46. The van der Waals surface area contributed by atoms with Crippen LogP contribution < -0.4 is 20.1 Å². The molecule has 0 aliphatic carbocycles. The van der Waals surface area contributed by atoms with Gasteiger partial charge >= 0.3 is 12.0 Å². The summed E-state index contributed by atoms with van der Waals surface area (Å²) in [6, 6.07) is 8.19. The second kappa shape index (κ2) is 9.99. The van der Waals surface area contributed by atoms with Gasteiger partial charge in [-0.15, -0.1) is 0 Å². The molecular formula is C24H29N3O6. The lowest BCUT2D eigenvalue weighted by Gasteiger charge is -2.32. The van der Waals surface area contributed by atoms with Crippen molar-refractivity contribution >= 4 is 12.0 Å². The monoisotopic (exact) mass is 455 g/mol. The summed E-state index contributed by atoms with van der Waals surface area (Å²) in [6.45, 7) is 3.16. The summed E-state index contributed by atoms with van der Waals surface area (Å²) in [6.07, 6.45) is 3.42. The van der Waals surface area contributed by atoms with Gasteiger partial charge in [0.25, 0.3) is 0 Å². The van der Waals surface area contributed by atoms with Gasteiger partial charge in [-0.25, -0.2) is 9.59 Å². The summed E-state index contributed by atoms with van der Waals surface area (Å²) in [7, 11) is 3.26. The van der Waals surface area contributed by atoms with Gasteiger partial charge in [0.15, 0.2) is 0 Å². The number of furan rings is 1. The molecule has 9 nitrogen and oxygen atoms in total. The fraction of sp³-hybridized carbons (Fsp3) is 0.417. The van der Waals surface area contributed by atoms with E-state index in [0.29, 0.717) is 23.6 Å². The number of hydrogen-bond donors (Lipinski definition) is 2. The first-order chi connectivity index (χ1) is 16.0. The lowest BCUT2D eigenvalue weighted by atomic mass is 9.99. The van der Waals surface area contributed by atoms with Crippen LogP contribution in [0, 0.1) is 0 Å². The van der Waals surface area contributed by atoms with Gasteiger partial charge in [-0.1, -0.05) is 6.07 Å². The summed E-state index contributed by atoms with van der Waals surface area (Å²) in [5.74, 6) is 1.45. The van der Waals surface area contributed by atoms with Gasteiger partial charge in [-0.3, -0.25) is 4.90 Å². The molecule has 1 aromatic heterocycles. The zero-order chi connectivity index (χ0) is 23.4. The molecular weight excluding hydrogens is 426 g/mol. The number of ether oxygens (including phenoxy) is 3. The number of nitrogens with zero attached hydrogens (tertiary/aromatic N) is 1. The highest BCUT2D eigenvalue weighted by molar-refractivity contribution is 5.95. The number of likely N-dealkylation sites (tertiary alicyclic amines) is 1. The number of urea groups is 1. The Morgan fingerprint density at radius 3 is 2.79 bits per heavy atom. The van der Waals surface area contributed by atoms with Crippen LogP contribution in [0.15, 0.2) is 52.3 Å². The van der Waals surface area contributed by atoms with Crippen molar-refractivity contribution in [1.29, 1.82) is 0 Å². The smallest absolute Gasteiger partial charge is 0.338 e. The normalized spacial score (nSPS) is 20.9. The van der Waals surface area contributed by atoms with Crippen molar-refractivity contribution in [1.82, 2.24) is 15.5 Å². The van der Waals surface area contributed by atoms with E-state index in [-0.39, 0.29) is 12.6 Å². The quantitative estimate of drug-likeness (QED) is 0.589. The molecule has 33 heavy (non-hydrogen) atoms. The van der Waals surface area contributed by atoms with E-state index in [0.717, 1.165) is 36.4 Å². The molecule has 1 saturated heterocycles. The van der Waals surface area contributed by atoms with Crippen molar-refractivity contribution in [2.75, 3.05) is 33.9 Å². The van der Waals surface area contributed by atoms with Crippen LogP contribution in [-0.2, 0) is 9.53 Å². The molecule has 9 heteroatoms. The molecule has 0 bridgehead atoms. The van der Waals surface area contributed by atoms with Crippen molar-refractivity contribution in [3.05, 3.63) is 59.2 Å². The molecule has 1 aromatic carbocycles. The van der Waals surface area contributed by atoms with Gasteiger partial charge in [-0.2, -0.15) is 0 Å². The highest BCUT2D eigenvalue weighted by Crippen LogP contribution is 2.39. The van der Waals surface area contributed by atoms with Crippen molar-refractivity contribution in [3.63, 3.8) is 0 Å². The zero-order valence-corrected chi connectivity index (χ0v) is 19.1. The molecule has 0 radical (unpaired) electrons. The molecule has 0 spiro atoms. The molecule has 1 fully saturated rings. The Labute approximate surface area is 192 Å². The first kappa shape index (κ1) is 22.7. The van der Waals surface area contributed by atoms with Crippen molar-refractivity contribution < 1.29 is 28.2 Å². The average molecular weight is 456 g/mol. The molecule has 0 saturated carbocycles. The first-order valence-corrected chi connectivity index (χ1v) is 11.0. The number of nitrogens with one attached hydrogen (secondary N) is 2. The molecule has 2 aromatic rings. The van der Waals surface area contributed by atoms with Gasteiger partial charge in [0.05, 0.1) is 32.7 Å². The average Bonchev–Trinajstić information content (AvgIpc) is 3.51. The molecule has 0 unspecified atom stereocenters. The fourth-order valence-corrected chi connectivity index (χ4v) is 4.53. The van der Waals surface area contributed by atoms with Crippen LogP contribution in [0.4, 0.5) is 4.79 Å². The van der Waals surface area contributed by atoms with Gasteiger partial charge in [0, 0.05) is 29.9 Å². The summed E-state index contributed by atoms with van der Waals surface area (Å²) >= 11 is 0. The third-order valence-electron chi connectivity index (χ3n) is 6.00. The standard InChI is InChI=1S/C24H29N3O6/c1-4-32-23(28)21-17(25-24(29)26-22(21)19-8-6-12-33-19)14-27-11-5-7-18(27)16-10-9-15(30-2)13-20(16)31-3/h6,8-10,12-13,18,22H,4-5,7,11,14H2,1-3H3,(H2,25,26,29)/t18-,22-/m1/s1. The van der Waals surface area contributed by atoms with Crippen molar-refractivity contribution in [2.24, 2.45) is 0 Å². The van der Waals surface area contributed by atoms with E-state index in [9.17, 15) is 9.59 Å². The summed E-state index contributed by atoms with van der Waals surface area (Å²) in [4.78, 5) is 27.7. The Balaban J connectivity index is 1.69. The molecule has 2 amide bonds. The van der Waals surface area contributed by atoms with E-state index in [2.05, 4.69) is 15.5 Å². The molecule has 2 aliphatic heterocycles. The Morgan fingerprint density at radius 2 is 2.09 bits per heavy atom. The van der Waals surface area contributed by atoms with Gasteiger partial charge in [0.1, 0.15) is 23.3 Å². The number of hydrogen-bond acceptors (Lipinski definition) is 7. The van der Waals surface area contributed by atoms with E-state index in [1.54, 1.807) is 33.3 Å². The Bertz CT molecular complexity index is 1030.